The molecular weight excluding hydrogens is 388 g/mol. The van der Waals surface area contributed by atoms with Crippen LogP contribution in [-0.4, -0.2) is 18.4 Å². The number of hydrogen-bond acceptors (Lipinski definition) is 4. The Bertz CT molecular complexity index is 830. The molecule has 0 amide bonds. The Hall–Kier alpha value is -1.94. The van der Waals surface area contributed by atoms with Crippen molar-refractivity contribution in [3.05, 3.63) is 47.2 Å². The number of carbonyl (C=O) groups excluding carboxylic acids is 2. The van der Waals surface area contributed by atoms with Crippen molar-refractivity contribution in [1.29, 1.82) is 0 Å². The molecule has 4 aliphatic carbocycles. The van der Waals surface area contributed by atoms with Crippen LogP contribution >= 0.6 is 0 Å². The molecule has 168 valence electrons. The average molecular weight is 425 g/mol. The first-order valence-corrected chi connectivity index (χ1v) is 11.7. The molecule has 1 aromatic carbocycles. The highest BCUT2D eigenvalue weighted by Gasteiger charge is 2.50. The van der Waals surface area contributed by atoms with Crippen LogP contribution in [0.4, 0.5) is 0 Å². The lowest BCUT2D eigenvalue weighted by molar-refractivity contribution is -0.159. The van der Waals surface area contributed by atoms with E-state index in [4.69, 9.17) is 9.47 Å². The molecule has 4 saturated carbocycles. The van der Waals surface area contributed by atoms with E-state index in [9.17, 15) is 9.59 Å². The number of allylic oxidation sites excluding steroid dienone is 2. The summed E-state index contributed by atoms with van der Waals surface area (Å²) in [5, 5.41) is 0. The molecule has 1 unspecified atom stereocenters. The Morgan fingerprint density at radius 3 is 2.10 bits per heavy atom. The summed E-state index contributed by atoms with van der Waals surface area (Å²) in [6.45, 7) is 7.34. The van der Waals surface area contributed by atoms with Gasteiger partial charge in [0.05, 0.1) is 13.2 Å². The van der Waals surface area contributed by atoms with Crippen LogP contribution in [0.5, 0.6) is 0 Å². The van der Waals surface area contributed by atoms with E-state index in [2.05, 4.69) is 6.08 Å². The van der Waals surface area contributed by atoms with E-state index in [1.807, 2.05) is 38.1 Å². The lowest BCUT2D eigenvalue weighted by Gasteiger charge is -2.55. The van der Waals surface area contributed by atoms with Crippen molar-refractivity contribution in [1.82, 2.24) is 0 Å². The molecule has 0 aliphatic heterocycles. The molecule has 0 aromatic heterocycles. The molecule has 4 fully saturated rings. The maximum absolute atomic E-state index is 13.0. The summed E-state index contributed by atoms with van der Waals surface area (Å²) in [7, 11) is 0. The van der Waals surface area contributed by atoms with Crippen molar-refractivity contribution in [3.8, 4) is 0 Å². The van der Waals surface area contributed by atoms with Crippen molar-refractivity contribution in [3.63, 3.8) is 0 Å². The number of ether oxygens (including phenoxy) is 2. The fraction of sp³-hybridized carbons (Fsp3) is 0.630. The predicted molar refractivity (Wildman–Crippen MR) is 120 cm³/mol. The minimum atomic E-state index is -1.30. The lowest BCUT2D eigenvalue weighted by atomic mass is 9.49. The summed E-state index contributed by atoms with van der Waals surface area (Å²) >= 11 is 0. The number of ketones is 1. The Balaban J connectivity index is 1.39. The summed E-state index contributed by atoms with van der Waals surface area (Å²) in [6.07, 6.45) is 10.0. The Morgan fingerprint density at radius 2 is 1.58 bits per heavy atom. The molecule has 1 atom stereocenters. The molecule has 4 nitrogen and oxygen atoms in total. The maximum atomic E-state index is 13.0. The van der Waals surface area contributed by atoms with Gasteiger partial charge in [0, 0.05) is 0 Å². The van der Waals surface area contributed by atoms with Gasteiger partial charge in [0.1, 0.15) is 17.0 Å². The number of Topliss-reactive ketones (excluding diaryl/α,β-unsaturated/α-hetero) is 1. The Morgan fingerprint density at radius 1 is 1.03 bits per heavy atom. The van der Waals surface area contributed by atoms with Gasteiger partial charge in [-0.25, -0.2) is 0 Å². The van der Waals surface area contributed by atoms with Gasteiger partial charge in [-0.1, -0.05) is 29.8 Å². The molecule has 0 radical (unpaired) electrons. The third-order valence-electron chi connectivity index (χ3n) is 7.86. The van der Waals surface area contributed by atoms with E-state index < -0.39 is 11.4 Å². The molecule has 4 heteroatoms. The summed E-state index contributed by atoms with van der Waals surface area (Å²) in [6, 6.07) is 8.04. The number of rotatable bonds is 8. The van der Waals surface area contributed by atoms with Crippen LogP contribution in [0.2, 0.25) is 0 Å². The van der Waals surface area contributed by atoms with Gasteiger partial charge in [0.25, 0.3) is 0 Å². The van der Waals surface area contributed by atoms with Crippen LogP contribution in [0.15, 0.2) is 36.1 Å². The van der Waals surface area contributed by atoms with Crippen LogP contribution < -0.4 is 0 Å². The van der Waals surface area contributed by atoms with Gasteiger partial charge in [-0.3, -0.25) is 9.59 Å². The molecule has 0 heterocycles. The highest BCUT2D eigenvalue weighted by atomic mass is 16.5. The smallest absolute Gasteiger partial charge is 0.326 e. The van der Waals surface area contributed by atoms with Crippen LogP contribution in [0.25, 0.3) is 0 Å². The van der Waals surface area contributed by atoms with Crippen molar-refractivity contribution >= 4 is 11.8 Å². The monoisotopic (exact) mass is 424 g/mol. The Labute approximate surface area is 186 Å². The second-order valence-electron chi connectivity index (χ2n) is 10.8. The topological polar surface area (TPSA) is 52.6 Å². The first kappa shape index (κ1) is 22.3. The minimum Gasteiger partial charge on any atom is -0.431 e. The SMILES string of the molecule is CC(=O)C(C)(COCc1ccc(C)cc1)C(=O)O/C(C)=C\C12CC3CC(CC(C3)C1)C2. The standard InChI is InChI=1S/C27H36O4/c1-18-5-7-21(8-6-18)16-30-17-26(4,20(3)28)25(29)31-19(2)12-27-13-22-9-23(14-27)11-24(10-22)15-27/h5-8,12,22-24H,9-11,13-17H2,1-4H3/b19-12-. The second-order valence-corrected chi connectivity index (χ2v) is 10.8. The zero-order valence-electron chi connectivity index (χ0n) is 19.4. The van der Waals surface area contributed by atoms with Gasteiger partial charge in [0.15, 0.2) is 0 Å². The van der Waals surface area contributed by atoms with Gasteiger partial charge in [-0.15, -0.1) is 0 Å². The van der Waals surface area contributed by atoms with E-state index in [-0.39, 0.29) is 17.8 Å². The largest absolute Gasteiger partial charge is 0.431 e. The van der Waals surface area contributed by atoms with Crippen molar-refractivity contribution in [2.75, 3.05) is 6.61 Å². The predicted octanol–water partition coefficient (Wildman–Crippen LogP) is 5.77. The van der Waals surface area contributed by atoms with Crippen LogP contribution in [-0.2, 0) is 25.7 Å². The van der Waals surface area contributed by atoms with E-state index in [1.165, 1.54) is 51.0 Å². The number of carbonyl (C=O) groups is 2. The average Bonchev–Trinajstić information content (AvgIpc) is 2.67. The fourth-order valence-corrected chi connectivity index (χ4v) is 6.44. The first-order valence-electron chi connectivity index (χ1n) is 11.7. The molecule has 4 bridgehead atoms. The molecule has 1 aromatic rings. The fourth-order valence-electron chi connectivity index (χ4n) is 6.44. The van der Waals surface area contributed by atoms with Crippen molar-refractivity contribution in [2.24, 2.45) is 28.6 Å². The zero-order chi connectivity index (χ0) is 22.2. The van der Waals surface area contributed by atoms with Crippen LogP contribution in [0.1, 0.15) is 70.4 Å². The highest BCUT2D eigenvalue weighted by Crippen LogP contribution is 2.60. The summed E-state index contributed by atoms with van der Waals surface area (Å²) in [5.74, 6) is 2.40. The maximum Gasteiger partial charge on any atom is 0.326 e. The third-order valence-corrected chi connectivity index (χ3v) is 7.86. The van der Waals surface area contributed by atoms with Gasteiger partial charge in [-0.2, -0.15) is 0 Å². The van der Waals surface area contributed by atoms with E-state index >= 15 is 0 Å². The quantitative estimate of drug-likeness (QED) is 0.302. The molecule has 0 N–H and O–H groups in total. The lowest BCUT2D eigenvalue weighted by Crippen LogP contribution is -2.45. The minimum absolute atomic E-state index is 0.0136. The van der Waals surface area contributed by atoms with Crippen molar-refractivity contribution in [2.45, 2.75) is 72.8 Å². The van der Waals surface area contributed by atoms with Gasteiger partial charge >= 0.3 is 5.97 Å². The summed E-state index contributed by atoms with van der Waals surface area (Å²) < 4.78 is 11.5. The summed E-state index contributed by atoms with van der Waals surface area (Å²) in [5.41, 5.74) is 1.08. The van der Waals surface area contributed by atoms with Crippen LogP contribution in [0.3, 0.4) is 0 Å². The molecular formula is C27H36O4. The summed E-state index contributed by atoms with van der Waals surface area (Å²) in [4.78, 5) is 25.4. The first-order chi connectivity index (χ1) is 14.7. The third kappa shape index (κ3) is 4.79. The van der Waals surface area contributed by atoms with E-state index in [0.717, 1.165) is 23.3 Å². The van der Waals surface area contributed by atoms with Gasteiger partial charge < -0.3 is 9.47 Å². The Kier molecular flexibility index (Phi) is 6.13. The van der Waals surface area contributed by atoms with E-state index in [1.54, 1.807) is 6.92 Å². The number of hydrogen-bond donors (Lipinski definition) is 0. The second kappa shape index (κ2) is 8.54. The van der Waals surface area contributed by atoms with Gasteiger partial charge in [0.2, 0.25) is 0 Å². The zero-order valence-corrected chi connectivity index (χ0v) is 19.4. The molecule has 5 rings (SSSR count). The van der Waals surface area contributed by atoms with Crippen molar-refractivity contribution < 1.29 is 19.1 Å². The molecule has 4 aliphatic rings. The molecule has 0 spiro atoms. The van der Waals surface area contributed by atoms with E-state index in [0.29, 0.717) is 12.4 Å². The molecule has 0 saturated heterocycles. The number of aryl methyl sites for hydroxylation is 1. The normalized spacial score (nSPS) is 31.4. The molecule has 31 heavy (non-hydrogen) atoms. The number of benzene rings is 1. The van der Waals surface area contributed by atoms with Crippen LogP contribution in [0, 0.1) is 35.5 Å². The van der Waals surface area contributed by atoms with Gasteiger partial charge in [-0.05, 0) is 101 Å². The highest BCUT2D eigenvalue weighted by molar-refractivity contribution is 6.02. The number of esters is 1.